The zero-order valence-electron chi connectivity index (χ0n) is 10.2. The van der Waals surface area contributed by atoms with Crippen molar-refractivity contribution in [2.24, 2.45) is 5.92 Å². The molecule has 2 heterocycles. The number of pyridine rings is 1. The van der Waals surface area contributed by atoms with E-state index in [1.54, 1.807) is 18.3 Å². The molecule has 96 valence electrons. The summed E-state index contributed by atoms with van der Waals surface area (Å²) in [6.07, 6.45) is 2.53. The minimum Gasteiger partial charge on any atom is -0.480 e. The summed E-state index contributed by atoms with van der Waals surface area (Å²) in [5.41, 5.74) is 0.672. The predicted molar refractivity (Wildman–Crippen MR) is 64.9 cm³/mol. The largest absolute Gasteiger partial charge is 0.480 e. The van der Waals surface area contributed by atoms with E-state index < -0.39 is 12.0 Å². The molecule has 1 N–H and O–H groups in total. The lowest BCUT2D eigenvalue weighted by Gasteiger charge is -2.23. The Morgan fingerprint density at radius 2 is 2.28 bits per heavy atom. The first-order chi connectivity index (χ1) is 8.59. The van der Waals surface area contributed by atoms with E-state index in [2.05, 4.69) is 4.98 Å². The van der Waals surface area contributed by atoms with Crippen LogP contribution in [0.25, 0.3) is 0 Å². The second-order valence-corrected chi connectivity index (χ2v) is 4.63. The van der Waals surface area contributed by atoms with Gasteiger partial charge in [0.25, 0.3) is 0 Å². The second-order valence-electron chi connectivity index (χ2n) is 4.63. The third kappa shape index (κ3) is 2.50. The first kappa shape index (κ1) is 12.5. The predicted octanol–water partition coefficient (Wildman–Crippen LogP) is 0.946. The Hall–Kier alpha value is -1.91. The Kier molecular flexibility index (Phi) is 3.60. The van der Waals surface area contributed by atoms with Crippen LogP contribution < -0.4 is 0 Å². The Bertz CT molecular complexity index is 447. The van der Waals surface area contributed by atoms with Crippen molar-refractivity contribution in [1.82, 2.24) is 9.88 Å². The molecule has 1 fully saturated rings. The summed E-state index contributed by atoms with van der Waals surface area (Å²) >= 11 is 0. The molecule has 1 aliphatic rings. The van der Waals surface area contributed by atoms with Gasteiger partial charge in [0, 0.05) is 18.4 Å². The van der Waals surface area contributed by atoms with Gasteiger partial charge in [-0.3, -0.25) is 9.78 Å². The molecule has 18 heavy (non-hydrogen) atoms. The fraction of sp³-hybridized carbons (Fsp3) is 0.462. The topological polar surface area (TPSA) is 70.5 Å². The smallest absolute Gasteiger partial charge is 0.326 e. The Morgan fingerprint density at radius 1 is 1.50 bits per heavy atom. The number of carboxylic acids is 1. The summed E-state index contributed by atoms with van der Waals surface area (Å²) in [7, 11) is 0. The lowest BCUT2D eigenvalue weighted by molar-refractivity contribution is -0.149. The molecular weight excluding hydrogens is 232 g/mol. The number of carbonyl (C=O) groups excluding carboxylic acids is 1. The summed E-state index contributed by atoms with van der Waals surface area (Å²) < 4.78 is 0. The van der Waals surface area contributed by atoms with Gasteiger partial charge in [-0.15, -0.1) is 0 Å². The molecule has 1 saturated heterocycles. The van der Waals surface area contributed by atoms with Gasteiger partial charge in [0.15, 0.2) is 0 Å². The summed E-state index contributed by atoms with van der Waals surface area (Å²) in [6, 6.07) is 4.68. The number of likely N-dealkylation sites (tertiary alicyclic amines) is 1. The minimum absolute atomic E-state index is 0.00943. The molecular formula is C13H16N2O3. The quantitative estimate of drug-likeness (QED) is 0.864. The van der Waals surface area contributed by atoms with Crippen LogP contribution in [0.1, 0.15) is 19.0 Å². The van der Waals surface area contributed by atoms with Crippen molar-refractivity contribution in [2.45, 2.75) is 25.8 Å². The lowest BCUT2D eigenvalue weighted by Crippen LogP contribution is -2.43. The fourth-order valence-corrected chi connectivity index (χ4v) is 2.36. The first-order valence-corrected chi connectivity index (χ1v) is 6.02. The number of amides is 1. The van der Waals surface area contributed by atoms with Crippen molar-refractivity contribution in [3.63, 3.8) is 0 Å². The van der Waals surface area contributed by atoms with Crippen molar-refractivity contribution in [3.05, 3.63) is 30.1 Å². The second kappa shape index (κ2) is 5.16. The summed E-state index contributed by atoms with van der Waals surface area (Å²) in [5, 5.41) is 9.16. The van der Waals surface area contributed by atoms with E-state index >= 15 is 0 Å². The number of carboxylic acid groups (broad SMARTS) is 1. The van der Waals surface area contributed by atoms with E-state index in [4.69, 9.17) is 5.11 Å². The first-order valence-electron chi connectivity index (χ1n) is 6.02. The number of hydrogen-bond acceptors (Lipinski definition) is 3. The lowest BCUT2D eigenvalue weighted by atomic mass is 10.0. The van der Waals surface area contributed by atoms with Gasteiger partial charge >= 0.3 is 5.97 Å². The average Bonchev–Trinajstić information content (AvgIpc) is 2.72. The molecule has 5 heteroatoms. The molecule has 2 unspecified atom stereocenters. The highest BCUT2D eigenvalue weighted by Crippen LogP contribution is 2.24. The molecule has 2 atom stereocenters. The van der Waals surface area contributed by atoms with Gasteiger partial charge in [0.05, 0.1) is 6.42 Å². The SMILES string of the molecule is CC1CCN(C(=O)Cc2ccccn2)C1C(=O)O. The Morgan fingerprint density at radius 3 is 2.89 bits per heavy atom. The Labute approximate surface area is 105 Å². The van der Waals surface area contributed by atoms with E-state index in [0.29, 0.717) is 12.2 Å². The van der Waals surface area contributed by atoms with E-state index in [-0.39, 0.29) is 18.2 Å². The normalized spacial score (nSPS) is 23.1. The number of rotatable bonds is 3. The monoisotopic (exact) mass is 248 g/mol. The number of hydrogen-bond donors (Lipinski definition) is 1. The van der Waals surface area contributed by atoms with Crippen LogP contribution in [-0.2, 0) is 16.0 Å². The van der Waals surface area contributed by atoms with Crippen molar-refractivity contribution in [3.8, 4) is 0 Å². The third-order valence-electron chi connectivity index (χ3n) is 3.33. The minimum atomic E-state index is -0.922. The summed E-state index contributed by atoms with van der Waals surface area (Å²) in [4.78, 5) is 28.8. The van der Waals surface area contributed by atoms with Crippen LogP contribution in [0.4, 0.5) is 0 Å². The van der Waals surface area contributed by atoms with Crippen molar-refractivity contribution >= 4 is 11.9 Å². The number of aromatic nitrogens is 1. The van der Waals surface area contributed by atoms with Gasteiger partial charge < -0.3 is 10.0 Å². The average molecular weight is 248 g/mol. The van der Waals surface area contributed by atoms with Crippen LogP contribution in [0.3, 0.4) is 0 Å². The number of nitrogens with zero attached hydrogens (tertiary/aromatic N) is 2. The molecule has 0 spiro atoms. The van der Waals surface area contributed by atoms with E-state index in [9.17, 15) is 9.59 Å². The summed E-state index contributed by atoms with van der Waals surface area (Å²) in [5.74, 6) is -1.07. The van der Waals surface area contributed by atoms with Crippen LogP contribution >= 0.6 is 0 Å². The molecule has 5 nitrogen and oxygen atoms in total. The molecule has 0 radical (unpaired) electrons. The highest BCUT2D eigenvalue weighted by Gasteiger charge is 2.39. The molecule has 0 saturated carbocycles. The maximum atomic E-state index is 12.1. The van der Waals surface area contributed by atoms with Gasteiger partial charge in [-0.05, 0) is 24.5 Å². The van der Waals surface area contributed by atoms with Crippen LogP contribution in [-0.4, -0.2) is 39.5 Å². The van der Waals surface area contributed by atoms with Crippen molar-refractivity contribution in [2.75, 3.05) is 6.54 Å². The summed E-state index contributed by atoms with van der Waals surface area (Å²) in [6.45, 7) is 2.39. The molecule has 1 aliphatic heterocycles. The maximum Gasteiger partial charge on any atom is 0.326 e. The van der Waals surface area contributed by atoms with Crippen LogP contribution in [0.5, 0.6) is 0 Å². The van der Waals surface area contributed by atoms with Gasteiger partial charge in [0.2, 0.25) is 5.91 Å². The molecule has 1 aromatic heterocycles. The molecule has 1 amide bonds. The van der Waals surface area contributed by atoms with E-state index in [1.807, 2.05) is 13.0 Å². The molecule has 0 bridgehead atoms. The maximum absolute atomic E-state index is 12.1. The van der Waals surface area contributed by atoms with Gasteiger partial charge in [-0.1, -0.05) is 13.0 Å². The highest BCUT2D eigenvalue weighted by molar-refractivity contribution is 5.85. The van der Waals surface area contributed by atoms with E-state index in [0.717, 1.165) is 6.42 Å². The fourth-order valence-electron chi connectivity index (χ4n) is 2.36. The zero-order chi connectivity index (χ0) is 13.1. The Balaban J connectivity index is 2.07. The van der Waals surface area contributed by atoms with Gasteiger partial charge in [-0.25, -0.2) is 4.79 Å². The number of carbonyl (C=O) groups is 2. The zero-order valence-corrected chi connectivity index (χ0v) is 10.2. The van der Waals surface area contributed by atoms with Gasteiger partial charge in [-0.2, -0.15) is 0 Å². The molecule has 0 aliphatic carbocycles. The molecule has 2 rings (SSSR count). The third-order valence-corrected chi connectivity index (χ3v) is 3.33. The molecule has 0 aromatic carbocycles. The van der Waals surface area contributed by atoms with Crippen LogP contribution in [0.15, 0.2) is 24.4 Å². The van der Waals surface area contributed by atoms with Crippen LogP contribution in [0, 0.1) is 5.92 Å². The van der Waals surface area contributed by atoms with Gasteiger partial charge in [0.1, 0.15) is 6.04 Å². The standard InChI is InChI=1S/C13H16N2O3/c1-9-5-7-15(12(9)13(17)18)11(16)8-10-4-2-3-6-14-10/h2-4,6,9,12H,5,7-8H2,1H3,(H,17,18). The number of aliphatic carboxylic acids is 1. The van der Waals surface area contributed by atoms with Crippen LogP contribution in [0.2, 0.25) is 0 Å². The molecule has 1 aromatic rings. The van der Waals surface area contributed by atoms with Crippen molar-refractivity contribution < 1.29 is 14.7 Å². The highest BCUT2D eigenvalue weighted by atomic mass is 16.4. The van der Waals surface area contributed by atoms with Crippen molar-refractivity contribution in [1.29, 1.82) is 0 Å². The van der Waals surface area contributed by atoms with E-state index in [1.165, 1.54) is 4.90 Å².